The van der Waals surface area contributed by atoms with E-state index in [1.54, 1.807) is 10.8 Å². The van der Waals surface area contributed by atoms with E-state index < -0.39 is 0 Å². The second-order valence-electron chi connectivity index (χ2n) is 4.80. The van der Waals surface area contributed by atoms with Crippen LogP contribution in [0.15, 0.2) is 11.0 Å². The van der Waals surface area contributed by atoms with Crippen LogP contribution in [0.3, 0.4) is 0 Å². The molecule has 0 N–H and O–H groups in total. The Labute approximate surface area is 90.2 Å². The van der Waals surface area contributed by atoms with Gasteiger partial charge in [-0.05, 0) is 24.7 Å². The van der Waals surface area contributed by atoms with Crippen molar-refractivity contribution in [1.29, 1.82) is 0 Å². The molecule has 0 aliphatic heterocycles. The summed E-state index contributed by atoms with van der Waals surface area (Å²) < 4.78 is 1.72. The Hall–Kier alpha value is -1.12. The number of hydrogen-bond acceptors (Lipinski definition) is 2. The molecule has 3 nitrogen and oxygen atoms in total. The summed E-state index contributed by atoms with van der Waals surface area (Å²) in [4.78, 5) is 16.4. The van der Waals surface area contributed by atoms with E-state index in [-0.39, 0.29) is 11.5 Å². The molecule has 1 aliphatic carbocycles. The molecule has 1 saturated carbocycles. The number of hydrogen-bond donors (Lipinski definition) is 0. The normalized spacial score (nSPS) is 16.0. The van der Waals surface area contributed by atoms with Crippen molar-refractivity contribution in [3.8, 4) is 0 Å². The molecule has 15 heavy (non-hydrogen) atoms. The Morgan fingerprint density at radius 3 is 2.73 bits per heavy atom. The van der Waals surface area contributed by atoms with Crippen molar-refractivity contribution in [1.82, 2.24) is 9.55 Å². The van der Waals surface area contributed by atoms with E-state index in [0.717, 1.165) is 23.7 Å². The zero-order valence-electron chi connectivity index (χ0n) is 9.66. The summed E-state index contributed by atoms with van der Waals surface area (Å²) in [5.41, 5.74) is 0.938. The van der Waals surface area contributed by atoms with Crippen molar-refractivity contribution in [2.75, 3.05) is 0 Å². The van der Waals surface area contributed by atoms with Crippen LogP contribution >= 0.6 is 0 Å². The molecule has 0 aromatic carbocycles. The Kier molecular flexibility index (Phi) is 2.63. The zero-order chi connectivity index (χ0) is 11.0. The molecule has 0 unspecified atom stereocenters. The fraction of sp³-hybridized carbons (Fsp3) is 0.667. The molecule has 1 fully saturated rings. The first-order valence-electron chi connectivity index (χ1n) is 5.64. The lowest BCUT2D eigenvalue weighted by atomic mass is 10.1. The Morgan fingerprint density at radius 1 is 1.53 bits per heavy atom. The minimum Gasteiger partial charge on any atom is -0.300 e. The van der Waals surface area contributed by atoms with E-state index in [1.165, 1.54) is 12.8 Å². The van der Waals surface area contributed by atoms with Crippen molar-refractivity contribution in [2.24, 2.45) is 13.0 Å². The Morgan fingerprint density at radius 2 is 2.20 bits per heavy atom. The maximum atomic E-state index is 12.0. The van der Waals surface area contributed by atoms with Crippen LogP contribution in [0.2, 0.25) is 0 Å². The van der Waals surface area contributed by atoms with Gasteiger partial charge >= 0.3 is 0 Å². The van der Waals surface area contributed by atoms with Crippen LogP contribution in [0.1, 0.15) is 44.0 Å². The first-order valence-corrected chi connectivity index (χ1v) is 5.64. The predicted molar refractivity (Wildman–Crippen MR) is 60.0 cm³/mol. The van der Waals surface area contributed by atoms with Gasteiger partial charge < -0.3 is 0 Å². The standard InChI is InChI=1S/C12H18N2O/c1-8(2)10-7-13-11(6-9-4-5-9)14(3)12(10)15/h7-9H,4-6H2,1-3H3. The van der Waals surface area contributed by atoms with Gasteiger partial charge in [-0.3, -0.25) is 9.36 Å². The highest BCUT2D eigenvalue weighted by Gasteiger charge is 2.23. The van der Waals surface area contributed by atoms with E-state index in [9.17, 15) is 4.79 Å². The Balaban J connectivity index is 2.34. The zero-order valence-corrected chi connectivity index (χ0v) is 9.66. The van der Waals surface area contributed by atoms with Gasteiger partial charge in [-0.15, -0.1) is 0 Å². The van der Waals surface area contributed by atoms with Gasteiger partial charge in [0, 0.05) is 25.2 Å². The molecule has 82 valence electrons. The second-order valence-corrected chi connectivity index (χ2v) is 4.80. The average Bonchev–Trinajstić information content (AvgIpc) is 2.96. The lowest BCUT2D eigenvalue weighted by Crippen LogP contribution is -2.26. The van der Waals surface area contributed by atoms with Gasteiger partial charge in [0.1, 0.15) is 5.82 Å². The highest BCUT2D eigenvalue weighted by Crippen LogP contribution is 2.31. The van der Waals surface area contributed by atoms with Crippen LogP contribution in [-0.2, 0) is 13.5 Å². The molecular formula is C12H18N2O. The van der Waals surface area contributed by atoms with Crippen molar-refractivity contribution < 1.29 is 0 Å². The van der Waals surface area contributed by atoms with Crippen molar-refractivity contribution in [3.05, 3.63) is 27.9 Å². The molecule has 3 heteroatoms. The largest absolute Gasteiger partial charge is 0.300 e. The lowest BCUT2D eigenvalue weighted by Gasteiger charge is -2.10. The number of nitrogens with zero attached hydrogens (tertiary/aromatic N) is 2. The van der Waals surface area contributed by atoms with Crippen LogP contribution in [-0.4, -0.2) is 9.55 Å². The molecule has 0 amide bonds. The molecule has 0 saturated heterocycles. The quantitative estimate of drug-likeness (QED) is 0.756. The molecule has 1 aromatic rings. The highest BCUT2D eigenvalue weighted by atomic mass is 16.1. The molecule has 1 aromatic heterocycles. The third kappa shape index (κ3) is 2.11. The number of rotatable bonds is 3. The van der Waals surface area contributed by atoms with Crippen LogP contribution in [0.25, 0.3) is 0 Å². The predicted octanol–water partition coefficient (Wildman–Crippen LogP) is 1.86. The van der Waals surface area contributed by atoms with Crippen molar-refractivity contribution in [3.63, 3.8) is 0 Å². The molecule has 0 bridgehead atoms. The molecular weight excluding hydrogens is 188 g/mol. The SMILES string of the molecule is CC(C)c1cnc(CC2CC2)n(C)c1=O. The Bertz CT molecular complexity index is 416. The van der Waals surface area contributed by atoms with Gasteiger partial charge in [-0.2, -0.15) is 0 Å². The van der Waals surface area contributed by atoms with Crippen LogP contribution < -0.4 is 5.56 Å². The molecule has 1 heterocycles. The van der Waals surface area contributed by atoms with Gasteiger partial charge in [0.15, 0.2) is 0 Å². The van der Waals surface area contributed by atoms with E-state index in [1.807, 2.05) is 20.9 Å². The van der Waals surface area contributed by atoms with Crippen molar-refractivity contribution in [2.45, 2.75) is 39.0 Å². The average molecular weight is 206 g/mol. The maximum Gasteiger partial charge on any atom is 0.256 e. The molecule has 0 atom stereocenters. The smallest absolute Gasteiger partial charge is 0.256 e. The summed E-state index contributed by atoms with van der Waals surface area (Å²) in [5, 5.41) is 0. The highest BCUT2D eigenvalue weighted by molar-refractivity contribution is 5.12. The molecule has 0 radical (unpaired) electrons. The fourth-order valence-electron chi connectivity index (χ4n) is 1.76. The van der Waals surface area contributed by atoms with E-state index in [0.29, 0.717) is 0 Å². The summed E-state index contributed by atoms with van der Waals surface area (Å²) in [6, 6.07) is 0. The van der Waals surface area contributed by atoms with Gasteiger partial charge in [-0.1, -0.05) is 13.8 Å². The lowest BCUT2D eigenvalue weighted by molar-refractivity contribution is 0.656. The van der Waals surface area contributed by atoms with E-state index in [2.05, 4.69) is 4.98 Å². The van der Waals surface area contributed by atoms with Crippen molar-refractivity contribution >= 4 is 0 Å². The van der Waals surface area contributed by atoms with Gasteiger partial charge in [0.05, 0.1) is 0 Å². The minimum absolute atomic E-state index is 0.121. The summed E-state index contributed by atoms with van der Waals surface area (Å²) in [6.07, 6.45) is 5.30. The van der Waals surface area contributed by atoms with Gasteiger partial charge in [0.2, 0.25) is 0 Å². The van der Waals surface area contributed by atoms with E-state index in [4.69, 9.17) is 0 Å². The topological polar surface area (TPSA) is 34.9 Å². The summed E-state index contributed by atoms with van der Waals surface area (Å²) >= 11 is 0. The second kappa shape index (κ2) is 3.80. The first kappa shape index (κ1) is 10.4. The molecule has 1 aliphatic rings. The summed E-state index contributed by atoms with van der Waals surface area (Å²) in [7, 11) is 1.83. The molecule has 2 rings (SSSR count). The van der Waals surface area contributed by atoms with E-state index >= 15 is 0 Å². The third-order valence-corrected chi connectivity index (χ3v) is 3.08. The monoisotopic (exact) mass is 206 g/mol. The third-order valence-electron chi connectivity index (χ3n) is 3.08. The van der Waals surface area contributed by atoms with Gasteiger partial charge in [0.25, 0.3) is 5.56 Å². The van der Waals surface area contributed by atoms with Crippen LogP contribution in [0.5, 0.6) is 0 Å². The maximum absolute atomic E-state index is 12.0. The molecule has 0 spiro atoms. The minimum atomic E-state index is 0.121. The first-order chi connectivity index (χ1) is 7.09. The number of aromatic nitrogens is 2. The van der Waals surface area contributed by atoms with Crippen LogP contribution in [0.4, 0.5) is 0 Å². The van der Waals surface area contributed by atoms with Gasteiger partial charge in [-0.25, -0.2) is 4.98 Å². The van der Waals surface area contributed by atoms with Crippen LogP contribution in [0, 0.1) is 5.92 Å². The summed E-state index contributed by atoms with van der Waals surface area (Å²) in [6.45, 7) is 4.05. The fourth-order valence-corrected chi connectivity index (χ4v) is 1.76. The summed E-state index contributed by atoms with van der Waals surface area (Å²) in [5.74, 6) is 1.96.